The number of phenols is 1. The lowest BCUT2D eigenvalue weighted by Crippen LogP contribution is -1.98. The van der Waals surface area contributed by atoms with Gasteiger partial charge in [0.1, 0.15) is 5.75 Å². The van der Waals surface area contributed by atoms with Gasteiger partial charge < -0.3 is 10.2 Å². The third-order valence-electron chi connectivity index (χ3n) is 4.02. The van der Waals surface area contributed by atoms with Gasteiger partial charge in [-0.2, -0.15) is 0 Å². The maximum Gasteiger partial charge on any atom is 0.123 e. The topological polar surface area (TPSA) is 40.5 Å². The van der Waals surface area contributed by atoms with Crippen molar-refractivity contribution in [2.45, 2.75) is 6.42 Å². The molecule has 0 atom stereocenters. The van der Waals surface area contributed by atoms with Crippen molar-refractivity contribution in [3.63, 3.8) is 0 Å². The number of hydrogen-bond donors (Lipinski definition) is 2. The van der Waals surface area contributed by atoms with Gasteiger partial charge in [-0.1, -0.05) is 78.9 Å². The fraction of sp³-hybridized carbons (Fsp3) is 0.0909. The van der Waals surface area contributed by atoms with Gasteiger partial charge in [0.2, 0.25) is 0 Å². The summed E-state index contributed by atoms with van der Waals surface area (Å²) in [6.45, 7) is 0.0498. The summed E-state index contributed by atoms with van der Waals surface area (Å²) in [6.07, 6.45) is 0.516. The number of phenolic OH excluding ortho intramolecular Hbond substituents is 1. The van der Waals surface area contributed by atoms with E-state index in [1.807, 2.05) is 78.9 Å². The monoisotopic (exact) mass is 316 g/mol. The van der Waals surface area contributed by atoms with Gasteiger partial charge in [-0.3, -0.25) is 0 Å². The molecule has 24 heavy (non-hydrogen) atoms. The molecule has 2 heteroatoms. The highest BCUT2D eigenvalue weighted by atomic mass is 16.3. The quantitative estimate of drug-likeness (QED) is 0.668. The van der Waals surface area contributed by atoms with Crippen LogP contribution in [0.3, 0.4) is 0 Å². The van der Waals surface area contributed by atoms with Crippen LogP contribution in [0, 0.1) is 0 Å². The van der Waals surface area contributed by atoms with Gasteiger partial charge in [-0.15, -0.1) is 0 Å². The average molecular weight is 316 g/mol. The van der Waals surface area contributed by atoms with Crippen molar-refractivity contribution >= 4 is 11.1 Å². The Labute approximate surface area is 142 Å². The molecule has 3 aromatic carbocycles. The molecular formula is C22H20O2. The van der Waals surface area contributed by atoms with Crippen LogP contribution in [0.4, 0.5) is 0 Å². The molecule has 0 saturated carbocycles. The van der Waals surface area contributed by atoms with Gasteiger partial charge in [0, 0.05) is 12.2 Å². The number of para-hydroxylation sites is 1. The van der Waals surface area contributed by atoms with E-state index < -0.39 is 0 Å². The van der Waals surface area contributed by atoms with Crippen molar-refractivity contribution in [2.24, 2.45) is 0 Å². The largest absolute Gasteiger partial charge is 0.507 e. The molecule has 2 nitrogen and oxygen atoms in total. The Morgan fingerprint density at radius 2 is 1.21 bits per heavy atom. The Hall–Kier alpha value is -2.84. The van der Waals surface area contributed by atoms with Gasteiger partial charge in [-0.25, -0.2) is 0 Å². The zero-order chi connectivity index (χ0) is 16.8. The van der Waals surface area contributed by atoms with Gasteiger partial charge in [-0.05, 0) is 34.8 Å². The maximum absolute atomic E-state index is 10.4. The van der Waals surface area contributed by atoms with E-state index in [1.54, 1.807) is 6.07 Å². The molecule has 0 radical (unpaired) electrons. The van der Waals surface area contributed by atoms with E-state index in [-0.39, 0.29) is 12.4 Å². The highest BCUT2D eigenvalue weighted by molar-refractivity contribution is 5.99. The Morgan fingerprint density at radius 3 is 1.79 bits per heavy atom. The predicted molar refractivity (Wildman–Crippen MR) is 98.6 cm³/mol. The van der Waals surface area contributed by atoms with Crippen molar-refractivity contribution in [1.82, 2.24) is 0 Å². The Kier molecular flexibility index (Phi) is 5.09. The molecule has 2 N–H and O–H groups in total. The van der Waals surface area contributed by atoms with Crippen LogP contribution in [0.25, 0.3) is 11.1 Å². The molecule has 0 heterocycles. The van der Waals surface area contributed by atoms with Crippen molar-refractivity contribution in [3.05, 3.63) is 102 Å². The van der Waals surface area contributed by atoms with Crippen LogP contribution in [0.15, 0.2) is 84.9 Å². The Morgan fingerprint density at radius 1 is 0.667 bits per heavy atom. The first-order chi connectivity index (χ1) is 11.8. The first-order valence-electron chi connectivity index (χ1n) is 8.04. The average Bonchev–Trinajstić information content (AvgIpc) is 2.64. The second-order valence-electron chi connectivity index (χ2n) is 5.58. The molecule has 0 saturated heterocycles. The number of hydrogen-bond acceptors (Lipinski definition) is 2. The van der Waals surface area contributed by atoms with Gasteiger partial charge in [0.15, 0.2) is 0 Å². The van der Waals surface area contributed by atoms with Crippen LogP contribution in [-0.4, -0.2) is 16.8 Å². The van der Waals surface area contributed by atoms with E-state index in [0.717, 1.165) is 27.8 Å². The molecule has 120 valence electrons. The lowest BCUT2D eigenvalue weighted by Gasteiger charge is -2.17. The summed E-state index contributed by atoms with van der Waals surface area (Å²) in [7, 11) is 0. The summed E-state index contributed by atoms with van der Waals surface area (Å²) in [5.41, 5.74) is 4.82. The lowest BCUT2D eigenvalue weighted by atomic mass is 9.87. The van der Waals surface area contributed by atoms with Crippen molar-refractivity contribution in [1.29, 1.82) is 0 Å². The second kappa shape index (κ2) is 7.62. The fourth-order valence-electron chi connectivity index (χ4n) is 2.95. The highest BCUT2D eigenvalue weighted by Crippen LogP contribution is 2.37. The SMILES string of the molecule is OCC/C(=C(\c1ccccc1)c1ccccc1O)c1ccccc1. The normalized spacial score (nSPS) is 11.9. The van der Waals surface area contributed by atoms with E-state index in [4.69, 9.17) is 0 Å². The highest BCUT2D eigenvalue weighted by Gasteiger charge is 2.16. The van der Waals surface area contributed by atoms with Crippen LogP contribution in [-0.2, 0) is 0 Å². The first kappa shape index (κ1) is 16.0. The number of rotatable bonds is 5. The summed E-state index contributed by atoms with van der Waals surface area (Å²) < 4.78 is 0. The Bertz CT molecular complexity index is 821. The number of aliphatic hydroxyl groups excluding tert-OH is 1. The molecule has 0 amide bonds. The summed E-state index contributed by atoms with van der Waals surface area (Å²) in [5.74, 6) is 0.239. The number of aliphatic hydroxyl groups is 1. The smallest absolute Gasteiger partial charge is 0.123 e. The molecule has 0 bridgehead atoms. The molecule has 0 aliphatic rings. The summed E-state index contributed by atoms with van der Waals surface area (Å²) >= 11 is 0. The number of benzene rings is 3. The zero-order valence-electron chi connectivity index (χ0n) is 13.4. The molecule has 0 aliphatic carbocycles. The van der Waals surface area contributed by atoms with E-state index in [1.165, 1.54) is 0 Å². The minimum absolute atomic E-state index is 0.0498. The maximum atomic E-state index is 10.4. The third-order valence-corrected chi connectivity index (χ3v) is 4.02. The van der Waals surface area contributed by atoms with Crippen LogP contribution < -0.4 is 0 Å². The molecular weight excluding hydrogens is 296 g/mol. The standard InChI is InChI=1S/C22H20O2/c23-16-15-19(17-9-3-1-4-10-17)22(18-11-5-2-6-12-18)20-13-7-8-14-21(20)24/h1-14,23-24H,15-16H2/b22-19-. The Balaban J connectivity index is 2.32. The minimum Gasteiger partial charge on any atom is -0.507 e. The molecule has 0 spiro atoms. The van der Waals surface area contributed by atoms with Crippen molar-refractivity contribution in [3.8, 4) is 5.75 Å². The molecule has 0 fully saturated rings. The van der Waals surface area contributed by atoms with E-state index in [0.29, 0.717) is 6.42 Å². The minimum atomic E-state index is 0.0498. The molecule has 3 aromatic rings. The van der Waals surface area contributed by atoms with Gasteiger partial charge >= 0.3 is 0 Å². The molecule has 3 rings (SSSR count). The first-order valence-corrected chi connectivity index (χ1v) is 8.04. The number of aromatic hydroxyl groups is 1. The zero-order valence-corrected chi connectivity index (χ0v) is 13.4. The summed E-state index contributed by atoms with van der Waals surface area (Å²) in [5, 5.41) is 20.0. The summed E-state index contributed by atoms with van der Waals surface area (Å²) in [6, 6.07) is 27.4. The lowest BCUT2D eigenvalue weighted by molar-refractivity contribution is 0.305. The van der Waals surface area contributed by atoms with Crippen molar-refractivity contribution < 1.29 is 10.2 Å². The van der Waals surface area contributed by atoms with Crippen LogP contribution in [0.1, 0.15) is 23.1 Å². The van der Waals surface area contributed by atoms with E-state index in [2.05, 4.69) is 0 Å². The van der Waals surface area contributed by atoms with Crippen LogP contribution in [0.2, 0.25) is 0 Å². The van der Waals surface area contributed by atoms with E-state index >= 15 is 0 Å². The summed E-state index contributed by atoms with van der Waals surface area (Å²) in [4.78, 5) is 0. The predicted octanol–water partition coefficient (Wildman–Crippen LogP) is 4.73. The van der Waals surface area contributed by atoms with Crippen LogP contribution >= 0.6 is 0 Å². The van der Waals surface area contributed by atoms with Crippen molar-refractivity contribution in [2.75, 3.05) is 6.61 Å². The molecule has 0 aromatic heterocycles. The third kappa shape index (κ3) is 3.39. The van der Waals surface area contributed by atoms with E-state index in [9.17, 15) is 10.2 Å². The molecule has 0 unspecified atom stereocenters. The van der Waals surface area contributed by atoms with Gasteiger partial charge in [0.25, 0.3) is 0 Å². The van der Waals surface area contributed by atoms with Gasteiger partial charge in [0.05, 0.1) is 0 Å². The molecule has 0 aliphatic heterocycles. The second-order valence-corrected chi connectivity index (χ2v) is 5.58. The van der Waals surface area contributed by atoms with Crippen LogP contribution in [0.5, 0.6) is 5.75 Å². The fourth-order valence-corrected chi connectivity index (χ4v) is 2.95.